The van der Waals surface area contributed by atoms with Crippen LogP contribution >= 0.6 is 24.0 Å². The molecule has 26 heavy (non-hydrogen) atoms. The number of carbonyl (C=O) groups is 2. The molecule has 2 heterocycles. The Balaban J connectivity index is 0.00000243. The van der Waals surface area contributed by atoms with Gasteiger partial charge in [0.1, 0.15) is 11.3 Å². The summed E-state index contributed by atoms with van der Waals surface area (Å²) < 4.78 is 5.86. The number of guanidine groups is 1. The number of rotatable bonds is 5. The van der Waals surface area contributed by atoms with Crippen LogP contribution in [-0.2, 0) is 11.3 Å². The van der Waals surface area contributed by atoms with Gasteiger partial charge in [-0.15, -0.1) is 24.0 Å². The summed E-state index contributed by atoms with van der Waals surface area (Å²) in [5.74, 6) is 1.21. The Kier molecular flexibility index (Phi) is 6.83. The molecule has 1 fully saturated rings. The molecule has 1 aliphatic heterocycles. The van der Waals surface area contributed by atoms with Crippen LogP contribution in [0, 0.1) is 6.92 Å². The third-order valence-corrected chi connectivity index (χ3v) is 4.15. The van der Waals surface area contributed by atoms with Crippen LogP contribution in [0.2, 0.25) is 0 Å². The third kappa shape index (κ3) is 4.26. The van der Waals surface area contributed by atoms with Crippen molar-refractivity contribution in [3.63, 3.8) is 0 Å². The Morgan fingerprint density at radius 1 is 1.31 bits per heavy atom. The van der Waals surface area contributed by atoms with Gasteiger partial charge in [-0.1, -0.05) is 18.2 Å². The highest BCUT2D eigenvalue weighted by molar-refractivity contribution is 14.0. The molecule has 0 bridgehead atoms. The largest absolute Gasteiger partial charge is 0.459 e. The molecular formula is C17H22IN5O3. The first-order valence-electron chi connectivity index (χ1n) is 8.10. The average Bonchev–Trinajstić information content (AvgIpc) is 3.11. The zero-order valence-corrected chi connectivity index (χ0v) is 17.0. The number of hydrogen-bond donors (Lipinski definition) is 3. The molecule has 8 nitrogen and oxygen atoms in total. The molecule has 0 unspecified atom stereocenters. The Bertz CT molecular complexity index is 817. The van der Waals surface area contributed by atoms with Gasteiger partial charge in [-0.2, -0.15) is 0 Å². The van der Waals surface area contributed by atoms with Gasteiger partial charge < -0.3 is 20.4 Å². The van der Waals surface area contributed by atoms with Gasteiger partial charge in [0.2, 0.25) is 5.91 Å². The van der Waals surface area contributed by atoms with Crippen LogP contribution < -0.4 is 16.0 Å². The van der Waals surface area contributed by atoms with Crippen molar-refractivity contribution in [2.24, 2.45) is 4.99 Å². The van der Waals surface area contributed by atoms with Gasteiger partial charge in [0, 0.05) is 31.1 Å². The first-order chi connectivity index (χ1) is 12.1. The van der Waals surface area contributed by atoms with E-state index >= 15 is 0 Å². The fourth-order valence-electron chi connectivity index (χ4n) is 2.75. The summed E-state index contributed by atoms with van der Waals surface area (Å²) >= 11 is 0. The van der Waals surface area contributed by atoms with Gasteiger partial charge in [-0.25, -0.2) is 4.79 Å². The number of urea groups is 1. The van der Waals surface area contributed by atoms with Gasteiger partial charge in [0.15, 0.2) is 5.96 Å². The second kappa shape index (κ2) is 8.88. The topological polar surface area (TPSA) is 99.0 Å². The molecule has 2 aromatic rings. The van der Waals surface area contributed by atoms with Gasteiger partial charge >= 0.3 is 6.03 Å². The van der Waals surface area contributed by atoms with Crippen LogP contribution in [0.3, 0.4) is 0 Å². The lowest BCUT2D eigenvalue weighted by Crippen LogP contribution is -2.43. The molecule has 140 valence electrons. The lowest BCUT2D eigenvalue weighted by molar-refractivity contribution is -0.124. The monoisotopic (exact) mass is 471 g/mol. The van der Waals surface area contributed by atoms with Crippen LogP contribution in [-0.4, -0.2) is 49.5 Å². The SMILES string of the molecule is CN=C(NCCN1C(=O)CNC1=O)NCc1oc2ccccc2c1C.I. The maximum absolute atomic E-state index is 11.5. The second-order valence-electron chi connectivity index (χ2n) is 5.70. The number of amides is 3. The normalized spacial score (nSPS) is 14.4. The molecule has 0 saturated carbocycles. The Morgan fingerprint density at radius 2 is 2.08 bits per heavy atom. The molecule has 0 aliphatic carbocycles. The molecule has 3 amide bonds. The minimum atomic E-state index is -0.354. The first-order valence-corrected chi connectivity index (χ1v) is 8.10. The van der Waals surface area contributed by atoms with Crippen molar-refractivity contribution in [1.29, 1.82) is 0 Å². The number of nitrogens with one attached hydrogen (secondary N) is 3. The van der Waals surface area contributed by atoms with E-state index in [0.717, 1.165) is 22.3 Å². The fraction of sp³-hybridized carbons (Fsp3) is 0.353. The lowest BCUT2D eigenvalue weighted by atomic mass is 10.1. The first kappa shape index (κ1) is 20.0. The summed E-state index contributed by atoms with van der Waals surface area (Å²) in [5, 5.41) is 9.85. The van der Waals surface area contributed by atoms with Crippen molar-refractivity contribution in [1.82, 2.24) is 20.9 Å². The molecule has 9 heteroatoms. The zero-order chi connectivity index (χ0) is 17.8. The molecule has 3 rings (SSSR count). The average molecular weight is 471 g/mol. The molecule has 3 N–H and O–H groups in total. The van der Waals surface area contributed by atoms with E-state index in [0.29, 0.717) is 19.0 Å². The standard InChI is InChI=1S/C17H21N5O3.HI/c1-11-12-5-3-4-6-13(12)25-14(11)9-20-16(18-2)19-7-8-22-15(23)10-21-17(22)24;/h3-6H,7-10H2,1-2H3,(H,21,24)(H2,18,19,20);1H. The molecule has 1 saturated heterocycles. The van der Waals surface area contributed by atoms with E-state index in [1.54, 1.807) is 7.05 Å². The van der Waals surface area contributed by atoms with E-state index < -0.39 is 0 Å². The molecule has 0 atom stereocenters. The maximum atomic E-state index is 11.5. The molecule has 0 radical (unpaired) electrons. The number of halogens is 1. The quantitative estimate of drug-likeness (QED) is 0.266. The second-order valence-corrected chi connectivity index (χ2v) is 5.70. The number of benzene rings is 1. The highest BCUT2D eigenvalue weighted by Crippen LogP contribution is 2.24. The number of fused-ring (bicyclic) bond motifs is 1. The van der Waals surface area contributed by atoms with Crippen molar-refractivity contribution in [2.75, 3.05) is 26.7 Å². The van der Waals surface area contributed by atoms with Crippen molar-refractivity contribution >= 4 is 52.8 Å². The zero-order valence-electron chi connectivity index (χ0n) is 14.7. The van der Waals surface area contributed by atoms with Crippen LogP contribution in [0.25, 0.3) is 11.0 Å². The highest BCUT2D eigenvalue weighted by Gasteiger charge is 2.27. The Morgan fingerprint density at radius 3 is 2.73 bits per heavy atom. The van der Waals surface area contributed by atoms with E-state index in [1.165, 1.54) is 4.90 Å². The van der Waals surface area contributed by atoms with Crippen LogP contribution in [0.5, 0.6) is 0 Å². The van der Waals surface area contributed by atoms with E-state index in [9.17, 15) is 9.59 Å². The number of para-hydroxylation sites is 1. The van der Waals surface area contributed by atoms with Crippen molar-refractivity contribution < 1.29 is 14.0 Å². The van der Waals surface area contributed by atoms with Crippen molar-refractivity contribution in [2.45, 2.75) is 13.5 Å². The summed E-state index contributed by atoms with van der Waals surface area (Å²) in [6.07, 6.45) is 0. The molecule has 1 aromatic heterocycles. The van der Waals surface area contributed by atoms with Crippen molar-refractivity contribution in [3.8, 4) is 0 Å². The third-order valence-electron chi connectivity index (χ3n) is 4.15. The Hall–Kier alpha value is -2.30. The number of aryl methyl sites for hydroxylation is 1. The summed E-state index contributed by atoms with van der Waals surface area (Å²) in [7, 11) is 1.66. The summed E-state index contributed by atoms with van der Waals surface area (Å²) in [5.41, 5.74) is 1.95. The van der Waals surface area contributed by atoms with Gasteiger partial charge in [0.25, 0.3) is 0 Å². The smallest absolute Gasteiger partial charge is 0.324 e. The van der Waals surface area contributed by atoms with Gasteiger partial charge in [-0.05, 0) is 13.0 Å². The summed E-state index contributed by atoms with van der Waals surface area (Å²) in [6, 6.07) is 7.55. The van der Waals surface area contributed by atoms with Crippen molar-refractivity contribution in [3.05, 3.63) is 35.6 Å². The fourth-order valence-corrected chi connectivity index (χ4v) is 2.75. The molecular weight excluding hydrogens is 449 g/mol. The number of furan rings is 1. The van der Waals surface area contributed by atoms with E-state index in [1.807, 2.05) is 31.2 Å². The van der Waals surface area contributed by atoms with Gasteiger partial charge in [-0.3, -0.25) is 14.7 Å². The number of imide groups is 1. The van der Waals surface area contributed by atoms with E-state index in [-0.39, 0.29) is 49.0 Å². The van der Waals surface area contributed by atoms with Crippen LogP contribution in [0.1, 0.15) is 11.3 Å². The number of hydrogen-bond acceptors (Lipinski definition) is 4. The number of aliphatic imine (C=N–C) groups is 1. The van der Waals surface area contributed by atoms with E-state index in [4.69, 9.17) is 4.42 Å². The van der Waals surface area contributed by atoms with Gasteiger partial charge in [0.05, 0.1) is 13.1 Å². The maximum Gasteiger partial charge on any atom is 0.324 e. The highest BCUT2D eigenvalue weighted by atomic mass is 127. The summed E-state index contributed by atoms with van der Waals surface area (Å²) in [4.78, 5) is 28.3. The minimum Gasteiger partial charge on any atom is -0.459 e. The summed E-state index contributed by atoms with van der Waals surface area (Å²) in [6.45, 7) is 3.28. The molecule has 1 aromatic carbocycles. The van der Waals surface area contributed by atoms with Crippen LogP contribution in [0.15, 0.2) is 33.7 Å². The predicted octanol–water partition coefficient (Wildman–Crippen LogP) is 1.58. The van der Waals surface area contributed by atoms with E-state index in [2.05, 4.69) is 20.9 Å². The number of nitrogens with zero attached hydrogens (tertiary/aromatic N) is 2. The number of carbonyl (C=O) groups excluding carboxylic acids is 2. The molecule has 1 aliphatic rings. The molecule has 0 spiro atoms. The minimum absolute atomic E-state index is 0. The predicted molar refractivity (Wildman–Crippen MR) is 110 cm³/mol. The lowest BCUT2D eigenvalue weighted by Gasteiger charge is -2.15. The van der Waals surface area contributed by atoms with Crippen LogP contribution in [0.4, 0.5) is 4.79 Å². The Labute approximate surface area is 168 Å².